The molecular weight excluding hydrogens is 218 g/mol. The number of nitrogens with zero attached hydrogens (tertiary/aromatic N) is 2. The summed E-state index contributed by atoms with van der Waals surface area (Å²) < 4.78 is 1.31. The molecule has 0 spiro atoms. The van der Waals surface area contributed by atoms with E-state index in [4.69, 9.17) is 5.73 Å². The number of piperidine rings is 1. The molecule has 0 saturated carbocycles. The standard InChI is InChI=1S/C12H15N3S/c13-9-2-1-6-15(8-9)12-10-4-7-16-11(10)3-5-14-12/h3-5,7,9H,1-2,6,8,13H2. The van der Waals surface area contributed by atoms with Crippen molar-refractivity contribution in [1.29, 1.82) is 0 Å². The highest BCUT2D eigenvalue weighted by atomic mass is 32.1. The Morgan fingerprint density at radius 1 is 1.44 bits per heavy atom. The summed E-state index contributed by atoms with van der Waals surface area (Å²) in [6.07, 6.45) is 4.20. The van der Waals surface area contributed by atoms with Gasteiger partial charge in [0.15, 0.2) is 0 Å². The second kappa shape index (κ2) is 4.03. The van der Waals surface area contributed by atoms with Gasteiger partial charge in [-0.25, -0.2) is 4.98 Å². The minimum absolute atomic E-state index is 0.296. The first-order valence-electron chi connectivity index (χ1n) is 5.67. The molecular formula is C12H15N3S. The summed E-state index contributed by atoms with van der Waals surface area (Å²) in [5.74, 6) is 1.11. The molecule has 1 atom stereocenters. The van der Waals surface area contributed by atoms with E-state index in [1.54, 1.807) is 11.3 Å². The van der Waals surface area contributed by atoms with Crippen LogP contribution in [0.2, 0.25) is 0 Å². The van der Waals surface area contributed by atoms with Gasteiger partial charge in [-0.1, -0.05) is 0 Å². The number of thiophene rings is 1. The minimum Gasteiger partial charge on any atom is -0.355 e. The predicted molar refractivity (Wildman–Crippen MR) is 69.0 cm³/mol. The molecule has 16 heavy (non-hydrogen) atoms. The Morgan fingerprint density at radius 2 is 2.38 bits per heavy atom. The quantitative estimate of drug-likeness (QED) is 0.821. The van der Waals surface area contributed by atoms with Crippen LogP contribution in [0.3, 0.4) is 0 Å². The van der Waals surface area contributed by atoms with Gasteiger partial charge >= 0.3 is 0 Å². The van der Waals surface area contributed by atoms with Gasteiger partial charge < -0.3 is 10.6 Å². The fourth-order valence-electron chi connectivity index (χ4n) is 2.33. The number of rotatable bonds is 1. The van der Waals surface area contributed by atoms with Crippen LogP contribution in [0.5, 0.6) is 0 Å². The molecule has 0 radical (unpaired) electrons. The van der Waals surface area contributed by atoms with E-state index in [9.17, 15) is 0 Å². The van der Waals surface area contributed by atoms with Crippen molar-refractivity contribution in [3.63, 3.8) is 0 Å². The van der Waals surface area contributed by atoms with Crippen molar-refractivity contribution in [2.75, 3.05) is 18.0 Å². The van der Waals surface area contributed by atoms with Gasteiger partial charge in [-0.3, -0.25) is 0 Å². The molecule has 0 aromatic carbocycles. The van der Waals surface area contributed by atoms with Gasteiger partial charge in [0.1, 0.15) is 5.82 Å². The van der Waals surface area contributed by atoms with Gasteiger partial charge in [0.2, 0.25) is 0 Å². The Hall–Kier alpha value is -1.13. The van der Waals surface area contributed by atoms with E-state index in [2.05, 4.69) is 27.4 Å². The number of aromatic nitrogens is 1. The topological polar surface area (TPSA) is 42.1 Å². The summed E-state index contributed by atoms with van der Waals surface area (Å²) in [5, 5.41) is 3.39. The van der Waals surface area contributed by atoms with Gasteiger partial charge in [0, 0.05) is 35.4 Å². The van der Waals surface area contributed by atoms with Crippen molar-refractivity contribution >= 4 is 27.2 Å². The van der Waals surface area contributed by atoms with Crippen LogP contribution in [0.25, 0.3) is 10.1 Å². The monoisotopic (exact) mass is 233 g/mol. The third-order valence-corrected chi connectivity index (χ3v) is 4.00. The summed E-state index contributed by atoms with van der Waals surface area (Å²) in [6, 6.07) is 4.53. The Bertz CT molecular complexity index is 494. The van der Waals surface area contributed by atoms with Crippen molar-refractivity contribution in [3.05, 3.63) is 23.7 Å². The first-order valence-corrected chi connectivity index (χ1v) is 6.55. The highest BCUT2D eigenvalue weighted by Gasteiger charge is 2.19. The summed E-state index contributed by atoms with van der Waals surface area (Å²) in [7, 11) is 0. The SMILES string of the molecule is NC1CCCN(c2nccc3sccc23)C1. The molecule has 3 heterocycles. The van der Waals surface area contributed by atoms with Gasteiger partial charge in [0.05, 0.1) is 0 Å². The molecule has 2 aromatic rings. The third-order valence-electron chi connectivity index (χ3n) is 3.12. The third kappa shape index (κ3) is 1.68. The van der Waals surface area contributed by atoms with E-state index in [1.807, 2.05) is 6.20 Å². The van der Waals surface area contributed by atoms with Crippen LogP contribution < -0.4 is 10.6 Å². The van der Waals surface area contributed by atoms with Crippen LogP contribution in [0.15, 0.2) is 23.7 Å². The van der Waals surface area contributed by atoms with Crippen molar-refractivity contribution in [2.45, 2.75) is 18.9 Å². The maximum absolute atomic E-state index is 6.02. The second-order valence-corrected chi connectivity index (χ2v) is 5.26. The van der Waals surface area contributed by atoms with Gasteiger partial charge in [-0.2, -0.15) is 0 Å². The van der Waals surface area contributed by atoms with Crippen molar-refractivity contribution in [3.8, 4) is 0 Å². The average Bonchev–Trinajstić information content (AvgIpc) is 2.76. The second-order valence-electron chi connectivity index (χ2n) is 4.32. The zero-order valence-corrected chi connectivity index (χ0v) is 9.91. The fourth-order valence-corrected chi connectivity index (χ4v) is 3.11. The van der Waals surface area contributed by atoms with Crippen LogP contribution in [-0.4, -0.2) is 24.1 Å². The van der Waals surface area contributed by atoms with Crippen LogP contribution in [0.4, 0.5) is 5.82 Å². The summed E-state index contributed by atoms with van der Waals surface area (Å²) in [6.45, 7) is 2.01. The number of hydrogen-bond acceptors (Lipinski definition) is 4. The molecule has 3 nitrogen and oxygen atoms in total. The lowest BCUT2D eigenvalue weighted by atomic mass is 10.1. The van der Waals surface area contributed by atoms with Crippen LogP contribution in [0, 0.1) is 0 Å². The lowest BCUT2D eigenvalue weighted by Gasteiger charge is -2.32. The molecule has 1 unspecified atom stereocenters. The number of pyridine rings is 1. The molecule has 1 aliphatic rings. The maximum Gasteiger partial charge on any atom is 0.137 e. The largest absolute Gasteiger partial charge is 0.355 e. The average molecular weight is 233 g/mol. The molecule has 0 amide bonds. The predicted octanol–water partition coefficient (Wildman–Crippen LogP) is 2.22. The number of anilines is 1. The highest BCUT2D eigenvalue weighted by Crippen LogP contribution is 2.29. The van der Waals surface area contributed by atoms with E-state index in [-0.39, 0.29) is 0 Å². The first kappa shape index (κ1) is 10.1. The van der Waals surface area contributed by atoms with Crippen molar-refractivity contribution < 1.29 is 0 Å². The Kier molecular flexibility index (Phi) is 2.53. The van der Waals surface area contributed by atoms with Gasteiger partial charge in [0.25, 0.3) is 0 Å². The first-order chi connectivity index (χ1) is 7.84. The summed E-state index contributed by atoms with van der Waals surface area (Å²) in [5.41, 5.74) is 6.02. The molecule has 0 aliphatic carbocycles. The molecule has 4 heteroatoms. The van der Waals surface area contributed by atoms with E-state index in [0.717, 1.165) is 25.3 Å². The van der Waals surface area contributed by atoms with Crippen molar-refractivity contribution in [1.82, 2.24) is 4.98 Å². The molecule has 84 valence electrons. The van der Waals surface area contributed by atoms with E-state index < -0.39 is 0 Å². The molecule has 1 fully saturated rings. The zero-order chi connectivity index (χ0) is 11.0. The van der Waals surface area contributed by atoms with Gasteiger partial charge in [-0.15, -0.1) is 11.3 Å². The summed E-state index contributed by atoms with van der Waals surface area (Å²) in [4.78, 5) is 6.84. The highest BCUT2D eigenvalue weighted by molar-refractivity contribution is 7.17. The maximum atomic E-state index is 6.02. The molecule has 3 rings (SSSR count). The minimum atomic E-state index is 0.296. The summed E-state index contributed by atoms with van der Waals surface area (Å²) >= 11 is 1.77. The normalized spacial score (nSPS) is 21.6. The van der Waals surface area contributed by atoms with E-state index in [0.29, 0.717) is 6.04 Å². The number of hydrogen-bond donors (Lipinski definition) is 1. The van der Waals surface area contributed by atoms with E-state index >= 15 is 0 Å². The Morgan fingerprint density at radius 3 is 3.25 bits per heavy atom. The fraction of sp³-hybridized carbons (Fsp3) is 0.417. The smallest absolute Gasteiger partial charge is 0.137 e. The van der Waals surface area contributed by atoms with Crippen molar-refractivity contribution in [2.24, 2.45) is 5.73 Å². The Balaban J connectivity index is 2.01. The number of fused-ring (bicyclic) bond motifs is 1. The molecule has 0 bridgehead atoms. The zero-order valence-electron chi connectivity index (χ0n) is 9.10. The van der Waals surface area contributed by atoms with Crippen LogP contribution in [-0.2, 0) is 0 Å². The lowest BCUT2D eigenvalue weighted by Crippen LogP contribution is -2.43. The molecule has 2 N–H and O–H groups in total. The molecule has 1 saturated heterocycles. The number of nitrogens with two attached hydrogens (primary N) is 1. The lowest BCUT2D eigenvalue weighted by molar-refractivity contribution is 0.504. The Labute approximate surface area is 98.9 Å². The molecule has 2 aromatic heterocycles. The van der Waals surface area contributed by atoms with Gasteiger partial charge in [-0.05, 0) is 30.4 Å². The van der Waals surface area contributed by atoms with Crippen LogP contribution >= 0.6 is 11.3 Å². The van der Waals surface area contributed by atoms with Crippen LogP contribution in [0.1, 0.15) is 12.8 Å². The molecule has 1 aliphatic heterocycles. The van der Waals surface area contributed by atoms with E-state index in [1.165, 1.54) is 16.5 Å².